The Bertz CT molecular complexity index is 315. The summed E-state index contributed by atoms with van der Waals surface area (Å²) in [5.74, 6) is 6.47. The number of benzene rings is 1. The second-order valence-corrected chi connectivity index (χ2v) is 4.05. The Hall–Kier alpha value is -1.10. The zero-order valence-corrected chi connectivity index (χ0v) is 10.2. The lowest BCUT2D eigenvalue weighted by Crippen LogP contribution is -2.31. The standard InChI is InChI=1S/C12H21N3O/c1-15(2)9-8-11(14-13)10-6-4-5-7-12(10)16-3/h4-7,11,14H,8-9,13H2,1-3H3. The van der Waals surface area contributed by atoms with Crippen LogP contribution >= 0.6 is 0 Å². The van der Waals surface area contributed by atoms with Crippen molar-refractivity contribution < 1.29 is 4.74 Å². The SMILES string of the molecule is COc1ccccc1C(CCN(C)C)NN. The molecule has 1 aromatic carbocycles. The van der Waals surface area contributed by atoms with Gasteiger partial charge in [-0.2, -0.15) is 0 Å². The maximum atomic E-state index is 5.59. The van der Waals surface area contributed by atoms with Crippen LogP contribution in [0.15, 0.2) is 24.3 Å². The summed E-state index contributed by atoms with van der Waals surface area (Å²) in [5.41, 5.74) is 3.95. The molecule has 0 heterocycles. The minimum Gasteiger partial charge on any atom is -0.496 e. The van der Waals surface area contributed by atoms with Crippen molar-refractivity contribution in [2.24, 2.45) is 5.84 Å². The number of para-hydroxylation sites is 1. The van der Waals surface area contributed by atoms with Crippen LogP contribution in [-0.2, 0) is 0 Å². The summed E-state index contributed by atoms with van der Waals surface area (Å²) < 4.78 is 5.33. The molecule has 0 aromatic heterocycles. The maximum absolute atomic E-state index is 5.59. The van der Waals surface area contributed by atoms with Gasteiger partial charge in [0.25, 0.3) is 0 Å². The number of nitrogens with two attached hydrogens (primary N) is 1. The first-order chi connectivity index (χ1) is 7.69. The number of hydrogen-bond donors (Lipinski definition) is 2. The van der Waals surface area contributed by atoms with E-state index in [-0.39, 0.29) is 6.04 Å². The van der Waals surface area contributed by atoms with E-state index >= 15 is 0 Å². The molecular weight excluding hydrogens is 202 g/mol. The molecule has 1 rings (SSSR count). The van der Waals surface area contributed by atoms with E-state index in [4.69, 9.17) is 10.6 Å². The Morgan fingerprint density at radius 2 is 2.06 bits per heavy atom. The van der Waals surface area contributed by atoms with Gasteiger partial charge in [-0.1, -0.05) is 18.2 Å². The largest absolute Gasteiger partial charge is 0.496 e. The fourth-order valence-corrected chi connectivity index (χ4v) is 1.67. The van der Waals surface area contributed by atoms with Gasteiger partial charge < -0.3 is 9.64 Å². The molecule has 1 aromatic rings. The molecule has 1 atom stereocenters. The van der Waals surface area contributed by atoms with Gasteiger partial charge in [0, 0.05) is 5.56 Å². The predicted octanol–water partition coefficient (Wildman–Crippen LogP) is 1.15. The first kappa shape index (κ1) is 13.0. The van der Waals surface area contributed by atoms with Crippen molar-refractivity contribution in [3.8, 4) is 5.75 Å². The Labute approximate surface area is 97.4 Å². The van der Waals surface area contributed by atoms with E-state index in [1.807, 2.05) is 24.3 Å². The molecule has 0 aliphatic carbocycles. The van der Waals surface area contributed by atoms with Crippen LogP contribution in [0.25, 0.3) is 0 Å². The molecule has 3 N–H and O–H groups in total. The molecule has 0 saturated heterocycles. The molecule has 0 bridgehead atoms. The van der Waals surface area contributed by atoms with Crippen LogP contribution in [0.3, 0.4) is 0 Å². The predicted molar refractivity (Wildman–Crippen MR) is 66.2 cm³/mol. The van der Waals surface area contributed by atoms with Crippen molar-refractivity contribution >= 4 is 0 Å². The number of ether oxygens (including phenoxy) is 1. The normalized spacial score (nSPS) is 12.8. The third kappa shape index (κ3) is 3.48. The Morgan fingerprint density at radius 1 is 1.38 bits per heavy atom. The molecule has 4 heteroatoms. The summed E-state index contributed by atoms with van der Waals surface area (Å²) in [6.07, 6.45) is 0.948. The Kier molecular flexibility index (Phi) is 5.25. The van der Waals surface area contributed by atoms with Crippen LogP contribution in [0.4, 0.5) is 0 Å². The van der Waals surface area contributed by atoms with Crippen LogP contribution in [0.1, 0.15) is 18.0 Å². The van der Waals surface area contributed by atoms with Gasteiger partial charge in [0.1, 0.15) is 5.75 Å². The third-order valence-electron chi connectivity index (χ3n) is 2.58. The lowest BCUT2D eigenvalue weighted by atomic mass is 10.0. The zero-order chi connectivity index (χ0) is 12.0. The summed E-state index contributed by atoms with van der Waals surface area (Å²) in [7, 11) is 5.78. The number of methoxy groups -OCH3 is 1. The maximum Gasteiger partial charge on any atom is 0.123 e. The number of nitrogens with one attached hydrogen (secondary N) is 1. The lowest BCUT2D eigenvalue weighted by Gasteiger charge is -2.20. The summed E-state index contributed by atoms with van der Waals surface area (Å²) >= 11 is 0. The van der Waals surface area contributed by atoms with Crippen molar-refractivity contribution in [1.29, 1.82) is 0 Å². The smallest absolute Gasteiger partial charge is 0.123 e. The molecule has 0 saturated carbocycles. The summed E-state index contributed by atoms with van der Waals surface area (Å²) in [4.78, 5) is 2.14. The second-order valence-electron chi connectivity index (χ2n) is 4.05. The second kappa shape index (κ2) is 6.48. The third-order valence-corrected chi connectivity index (χ3v) is 2.58. The molecule has 90 valence electrons. The molecule has 4 nitrogen and oxygen atoms in total. The van der Waals surface area contributed by atoms with Crippen molar-refractivity contribution in [2.45, 2.75) is 12.5 Å². The fourth-order valence-electron chi connectivity index (χ4n) is 1.67. The number of rotatable bonds is 6. The zero-order valence-electron chi connectivity index (χ0n) is 10.2. The van der Waals surface area contributed by atoms with Gasteiger partial charge in [-0.15, -0.1) is 0 Å². The van der Waals surface area contributed by atoms with Crippen molar-refractivity contribution in [3.63, 3.8) is 0 Å². The van der Waals surface area contributed by atoms with Crippen LogP contribution < -0.4 is 16.0 Å². The van der Waals surface area contributed by atoms with E-state index in [0.29, 0.717) is 0 Å². The van der Waals surface area contributed by atoms with E-state index in [9.17, 15) is 0 Å². The Morgan fingerprint density at radius 3 is 2.62 bits per heavy atom. The topological polar surface area (TPSA) is 50.5 Å². The first-order valence-corrected chi connectivity index (χ1v) is 5.42. The molecule has 16 heavy (non-hydrogen) atoms. The monoisotopic (exact) mass is 223 g/mol. The van der Waals surface area contributed by atoms with Crippen LogP contribution in [0.2, 0.25) is 0 Å². The van der Waals surface area contributed by atoms with E-state index in [1.54, 1.807) is 7.11 Å². The lowest BCUT2D eigenvalue weighted by molar-refractivity contribution is 0.352. The van der Waals surface area contributed by atoms with Crippen LogP contribution in [0.5, 0.6) is 5.75 Å². The quantitative estimate of drug-likeness (QED) is 0.561. The van der Waals surface area contributed by atoms with Crippen LogP contribution in [-0.4, -0.2) is 32.6 Å². The Balaban J connectivity index is 2.77. The minimum atomic E-state index is 0.124. The van der Waals surface area contributed by atoms with Gasteiger partial charge >= 0.3 is 0 Å². The molecule has 0 aliphatic heterocycles. The van der Waals surface area contributed by atoms with E-state index < -0.39 is 0 Å². The van der Waals surface area contributed by atoms with Gasteiger partial charge in [-0.25, -0.2) is 0 Å². The van der Waals surface area contributed by atoms with E-state index in [1.165, 1.54) is 0 Å². The number of nitrogens with zero attached hydrogens (tertiary/aromatic N) is 1. The van der Waals surface area contributed by atoms with Gasteiger partial charge in [0.05, 0.1) is 13.2 Å². The first-order valence-electron chi connectivity index (χ1n) is 5.42. The van der Waals surface area contributed by atoms with E-state index in [2.05, 4.69) is 24.4 Å². The van der Waals surface area contributed by atoms with Gasteiger partial charge in [-0.05, 0) is 33.1 Å². The minimum absolute atomic E-state index is 0.124. The van der Waals surface area contributed by atoms with Crippen molar-refractivity contribution in [3.05, 3.63) is 29.8 Å². The highest BCUT2D eigenvalue weighted by molar-refractivity contribution is 5.35. The average molecular weight is 223 g/mol. The molecule has 1 unspecified atom stereocenters. The summed E-state index contributed by atoms with van der Waals surface area (Å²) in [6.45, 7) is 0.979. The number of hydrogen-bond acceptors (Lipinski definition) is 4. The number of hydrazine groups is 1. The average Bonchev–Trinajstić information content (AvgIpc) is 2.30. The van der Waals surface area contributed by atoms with Crippen molar-refractivity contribution in [1.82, 2.24) is 10.3 Å². The van der Waals surface area contributed by atoms with Crippen LogP contribution in [0, 0.1) is 0 Å². The van der Waals surface area contributed by atoms with Gasteiger partial charge in [0.15, 0.2) is 0 Å². The molecular formula is C12H21N3O. The van der Waals surface area contributed by atoms with Gasteiger partial charge in [0.2, 0.25) is 0 Å². The molecule has 0 fully saturated rings. The highest BCUT2D eigenvalue weighted by Crippen LogP contribution is 2.26. The summed E-state index contributed by atoms with van der Waals surface area (Å²) in [5, 5.41) is 0. The molecule has 0 amide bonds. The molecule has 0 spiro atoms. The molecule has 0 aliphatic rings. The fraction of sp³-hybridized carbons (Fsp3) is 0.500. The van der Waals surface area contributed by atoms with Crippen molar-refractivity contribution in [2.75, 3.05) is 27.7 Å². The highest BCUT2D eigenvalue weighted by atomic mass is 16.5. The van der Waals surface area contributed by atoms with E-state index in [0.717, 1.165) is 24.3 Å². The highest BCUT2D eigenvalue weighted by Gasteiger charge is 2.13. The van der Waals surface area contributed by atoms with Gasteiger partial charge in [-0.3, -0.25) is 11.3 Å². The summed E-state index contributed by atoms with van der Waals surface area (Å²) in [6, 6.07) is 8.08. The molecule has 0 radical (unpaired) electrons.